The topological polar surface area (TPSA) is 3.24 Å². The van der Waals surface area contributed by atoms with E-state index in [9.17, 15) is 0 Å². The molecule has 2 fully saturated rings. The molecular weight excluding hydrogens is 242 g/mol. The first-order valence-corrected chi connectivity index (χ1v) is 8.41. The lowest BCUT2D eigenvalue weighted by atomic mass is 9.57. The highest BCUT2D eigenvalue weighted by Crippen LogP contribution is 2.50. The highest BCUT2D eigenvalue weighted by molar-refractivity contribution is 5.32. The van der Waals surface area contributed by atoms with Crippen LogP contribution in [0.1, 0.15) is 57.6 Å². The third kappa shape index (κ3) is 2.53. The Morgan fingerprint density at radius 2 is 1.95 bits per heavy atom. The summed E-state index contributed by atoms with van der Waals surface area (Å²) in [5.74, 6) is 0.798. The summed E-state index contributed by atoms with van der Waals surface area (Å²) in [5, 5.41) is 0. The predicted molar refractivity (Wildman–Crippen MR) is 88.3 cm³/mol. The molecular formula is C19H31N. The zero-order valence-corrected chi connectivity index (χ0v) is 13.9. The van der Waals surface area contributed by atoms with Crippen molar-refractivity contribution < 1.29 is 0 Å². The molecule has 1 aromatic rings. The van der Waals surface area contributed by atoms with Crippen LogP contribution in [0.2, 0.25) is 0 Å². The Labute approximate surface area is 125 Å². The molecule has 0 amide bonds. The average molecular weight is 273 g/mol. The van der Waals surface area contributed by atoms with Gasteiger partial charge in [0.05, 0.1) is 0 Å². The smallest absolute Gasteiger partial charge is 0.0126 e. The number of hydrogen-bond acceptors (Lipinski definition) is 1. The molecule has 1 saturated carbocycles. The van der Waals surface area contributed by atoms with E-state index in [2.05, 4.69) is 50.1 Å². The van der Waals surface area contributed by atoms with Gasteiger partial charge in [-0.2, -0.15) is 0 Å². The molecule has 0 aromatic heterocycles. The molecule has 1 nitrogen and oxygen atoms in total. The molecule has 1 heterocycles. The van der Waals surface area contributed by atoms with Gasteiger partial charge >= 0.3 is 0 Å². The maximum absolute atomic E-state index is 2.60. The molecule has 3 rings (SSSR count). The normalized spacial score (nSPS) is 33.2. The third-order valence-electron chi connectivity index (χ3n) is 5.64. The third-order valence-corrected chi connectivity index (χ3v) is 5.64. The van der Waals surface area contributed by atoms with Crippen molar-refractivity contribution in [2.45, 2.75) is 64.8 Å². The Kier molecular flexibility index (Phi) is 4.90. The number of nitrogens with zero attached hydrogens (tertiary/aromatic N) is 1. The van der Waals surface area contributed by atoms with Crippen LogP contribution in [0.3, 0.4) is 0 Å². The van der Waals surface area contributed by atoms with Crippen molar-refractivity contribution >= 4 is 0 Å². The van der Waals surface area contributed by atoms with Crippen LogP contribution in [0.25, 0.3) is 0 Å². The van der Waals surface area contributed by atoms with Gasteiger partial charge in [0.25, 0.3) is 0 Å². The Morgan fingerprint density at radius 3 is 2.65 bits per heavy atom. The second-order valence-corrected chi connectivity index (χ2v) is 6.50. The fourth-order valence-electron chi connectivity index (χ4n) is 4.48. The number of rotatable bonds is 1. The summed E-state index contributed by atoms with van der Waals surface area (Å²) in [6, 6.07) is 10.1. The zero-order chi connectivity index (χ0) is 14.8. The molecule has 1 aromatic carbocycles. The van der Waals surface area contributed by atoms with E-state index in [1.807, 2.05) is 13.8 Å². The predicted octanol–water partition coefficient (Wildman–Crippen LogP) is 4.78. The number of hydrogen-bond donors (Lipinski definition) is 0. The molecule has 0 N–H and O–H groups in total. The summed E-state index contributed by atoms with van der Waals surface area (Å²) in [6.07, 6.45) is 5.52. The number of fused-ring (bicyclic) bond motifs is 2. The minimum Gasteiger partial charge on any atom is -0.303 e. The maximum atomic E-state index is 2.60. The fraction of sp³-hybridized carbons (Fsp3) is 0.684. The first-order valence-electron chi connectivity index (χ1n) is 8.41. The molecule has 1 heteroatoms. The molecule has 1 unspecified atom stereocenters. The molecule has 2 bridgehead atoms. The van der Waals surface area contributed by atoms with Crippen molar-refractivity contribution in [2.24, 2.45) is 5.92 Å². The summed E-state index contributed by atoms with van der Waals surface area (Å²) in [6.45, 7) is 9.98. The van der Waals surface area contributed by atoms with Gasteiger partial charge in [-0.15, -0.1) is 0 Å². The Balaban J connectivity index is 0.000000704. The lowest BCUT2D eigenvalue weighted by molar-refractivity contribution is 0.0126. The molecule has 112 valence electrons. The van der Waals surface area contributed by atoms with Crippen molar-refractivity contribution in [1.29, 1.82) is 0 Å². The molecule has 1 saturated heterocycles. The van der Waals surface area contributed by atoms with Crippen molar-refractivity contribution in [3.8, 4) is 0 Å². The van der Waals surface area contributed by atoms with Gasteiger partial charge in [-0.05, 0) is 51.3 Å². The molecule has 1 aliphatic heterocycles. The molecule has 0 radical (unpaired) electrons. The SMILES string of the molecule is CC.Cc1cccc([C@@]23CCC[C@@H](C2C)N(C)CC3)c1. The summed E-state index contributed by atoms with van der Waals surface area (Å²) in [4.78, 5) is 2.60. The first-order chi connectivity index (χ1) is 9.63. The second-order valence-electron chi connectivity index (χ2n) is 6.50. The molecule has 1 aliphatic carbocycles. The van der Waals surface area contributed by atoms with Gasteiger partial charge in [0.2, 0.25) is 0 Å². The number of aryl methyl sites for hydroxylation is 1. The van der Waals surface area contributed by atoms with E-state index in [0.717, 1.165) is 12.0 Å². The molecule has 20 heavy (non-hydrogen) atoms. The van der Waals surface area contributed by atoms with Gasteiger partial charge in [0.1, 0.15) is 0 Å². The standard InChI is InChI=1S/C17H25N.C2H6/c1-13-6-4-7-15(12-13)17-9-5-8-16(14(17)2)18(3)11-10-17;1-2/h4,6-7,12,14,16H,5,8-11H2,1-3H3;1-2H3/t14?,16-,17+;/m0./s1. The van der Waals surface area contributed by atoms with Gasteiger partial charge in [-0.1, -0.05) is 57.0 Å². The summed E-state index contributed by atoms with van der Waals surface area (Å²) in [5.41, 5.74) is 3.48. The number of benzene rings is 1. The van der Waals surface area contributed by atoms with Crippen molar-refractivity contribution in [1.82, 2.24) is 4.90 Å². The minimum atomic E-state index is 0.460. The van der Waals surface area contributed by atoms with Crippen LogP contribution in [-0.4, -0.2) is 24.5 Å². The minimum absolute atomic E-state index is 0.460. The van der Waals surface area contributed by atoms with Crippen LogP contribution in [0.4, 0.5) is 0 Å². The van der Waals surface area contributed by atoms with E-state index in [-0.39, 0.29) is 0 Å². The Hall–Kier alpha value is -0.820. The Bertz CT molecular complexity index is 439. The fourth-order valence-corrected chi connectivity index (χ4v) is 4.48. The summed E-state index contributed by atoms with van der Waals surface area (Å²) in [7, 11) is 2.31. The van der Waals surface area contributed by atoms with Gasteiger partial charge in [-0.3, -0.25) is 0 Å². The van der Waals surface area contributed by atoms with Crippen LogP contribution in [-0.2, 0) is 5.41 Å². The average Bonchev–Trinajstić information content (AvgIpc) is 2.46. The highest BCUT2D eigenvalue weighted by Gasteiger charge is 2.48. The van der Waals surface area contributed by atoms with E-state index >= 15 is 0 Å². The Morgan fingerprint density at radius 1 is 1.20 bits per heavy atom. The summed E-state index contributed by atoms with van der Waals surface area (Å²) < 4.78 is 0. The number of piperidine rings is 1. The second kappa shape index (κ2) is 6.30. The zero-order valence-electron chi connectivity index (χ0n) is 13.9. The van der Waals surface area contributed by atoms with Crippen LogP contribution in [0, 0.1) is 12.8 Å². The largest absolute Gasteiger partial charge is 0.303 e. The lowest BCUT2D eigenvalue weighted by Gasteiger charge is -2.55. The molecule has 2 aliphatic rings. The molecule has 0 spiro atoms. The van der Waals surface area contributed by atoms with Crippen molar-refractivity contribution in [3.63, 3.8) is 0 Å². The quantitative estimate of drug-likeness (QED) is 0.711. The van der Waals surface area contributed by atoms with Crippen LogP contribution < -0.4 is 0 Å². The van der Waals surface area contributed by atoms with Crippen LogP contribution in [0.15, 0.2) is 24.3 Å². The van der Waals surface area contributed by atoms with Crippen molar-refractivity contribution in [2.75, 3.05) is 13.6 Å². The van der Waals surface area contributed by atoms with Gasteiger partial charge in [0.15, 0.2) is 0 Å². The van der Waals surface area contributed by atoms with Crippen LogP contribution >= 0.6 is 0 Å². The van der Waals surface area contributed by atoms with E-state index < -0.39 is 0 Å². The van der Waals surface area contributed by atoms with E-state index in [1.165, 1.54) is 37.8 Å². The van der Waals surface area contributed by atoms with Gasteiger partial charge in [-0.25, -0.2) is 0 Å². The summed E-state index contributed by atoms with van der Waals surface area (Å²) >= 11 is 0. The molecule has 3 atom stereocenters. The van der Waals surface area contributed by atoms with Crippen LogP contribution in [0.5, 0.6) is 0 Å². The lowest BCUT2D eigenvalue weighted by Crippen LogP contribution is -2.56. The van der Waals surface area contributed by atoms with Gasteiger partial charge in [0, 0.05) is 11.5 Å². The van der Waals surface area contributed by atoms with E-state index in [4.69, 9.17) is 0 Å². The first kappa shape index (κ1) is 15.6. The number of likely N-dealkylation sites (tertiary alicyclic amines) is 1. The van der Waals surface area contributed by atoms with Gasteiger partial charge < -0.3 is 4.90 Å². The van der Waals surface area contributed by atoms with E-state index in [0.29, 0.717) is 5.41 Å². The highest BCUT2D eigenvalue weighted by atomic mass is 15.1. The monoisotopic (exact) mass is 273 g/mol. The van der Waals surface area contributed by atoms with E-state index in [1.54, 1.807) is 5.56 Å². The maximum Gasteiger partial charge on any atom is 0.0126 e. The van der Waals surface area contributed by atoms with Crippen molar-refractivity contribution in [3.05, 3.63) is 35.4 Å².